The van der Waals surface area contributed by atoms with Gasteiger partial charge in [-0.3, -0.25) is 4.79 Å². The summed E-state index contributed by atoms with van der Waals surface area (Å²) in [5, 5.41) is 2.49. The molecule has 0 saturated carbocycles. The Labute approximate surface area is 112 Å². The fraction of sp³-hybridized carbons (Fsp3) is 0.300. The van der Waals surface area contributed by atoms with E-state index in [4.69, 9.17) is 0 Å². The first-order valence-electron chi connectivity index (χ1n) is 5.10. The highest BCUT2D eigenvalue weighted by atomic mass is 32.3. The van der Waals surface area contributed by atoms with Crippen molar-refractivity contribution in [2.24, 2.45) is 0 Å². The van der Waals surface area contributed by atoms with E-state index in [9.17, 15) is 21.6 Å². The number of anilines is 2. The van der Waals surface area contributed by atoms with Crippen molar-refractivity contribution in [3.05, 3.63) is 24.3 Å². The van der Waals surface area contributed by atoms with E-state index in [1.807, 2.05) is 0 Å². The molecule has 0 fully saturated rings. The van der Waals surface area contributed by atoms with Crippen LogP contribution in [0.2, 0.25) is 0 Å². The number of hydrogen-bond acceptors (Lipinski definition) is 5. The topological polar surface area (TPSA) is 101 Å². The standard InChI is InChI=1S/C10H14N2O5S2/c1-8(13)11-9-4-6-10(7-5-9)12(18(2,14)15)19(3,16)17/h4-7H,1-3H3,(H,11,13). The molecule has 0 aliphatic rings. The van der Waals surface area contributed by atoms with Gasteiger partial charge in [-0.2, -0.15) is 3.71 Å². The molecule has 1 aromatic rings. The van der Waals surface area contributed by atoms with Gasteiger partial charge in [0.05, 0.1) is 18.2 Å². The van der Waals surface area contributed by atoms with Crippen LogP contribution in [0.1, 0.15) is 6.92 Å². The number of sulfonamides is 2. The number of nitrogens with zero attached hydrogens (tertiary/aromatic N) is 1. The molecule has 1 amide bonds. The van der Waals surface area contributed by atoms with Gasteiger partial charge in [-0.05, 0) is 24.3 Å². The zero-order chi connectivity index (χ0) is 14.8. The molecular weight excluding hydrogens is 292 g/mol. The SMILES string of the molecule is CC(=O)Nc1ccc(N(S(C)(=O)=O)S(C)(=O)=O)cc1. The highest BCUT2D eigenvalue weighted by molar-refractivity contribution is 8.09. The molecular formula is C10H14N2O5S2. The van der Waals surface area contributed by atoms with E-state index in [2.05, 4.69) is 5.32 Å². The van der Waals surface area contributed by atoms with Gasteiger partial charge in [-0.15, -0.1) is 0 Å². The van der Waals surface area contributed by atoms with Crippen LogP contribution in [0.4, 0.5) is 11.4 Å². The van der Waals surface area contributed by atoms with Gasteiger partial charge in [0, 0.05) is 12.6 Å². The van der Waals surface area contributed by atoms with E-state index < -0.39 is 20.0 Å². The molecule has 0 spiro atoms. The first-order chi connectivity index (χ1) is 8.51. The van der Waals surface area contributed by atoms with Gasteiger partial charge in [0.2, 0.25) is 26.0 Å². The molecule has 0 radical (unpaired) electrons. The summed E-state index contributed by atoms with van der Waals surface area (Å²) in [5.41, 5.74) is 0.428. The normalized spacial score (nSPS) is 11.9. The van der Waals surface area contributed by atoms with Crippen molar-refractivity contribution in [3.8, 4) is 0 Å². The molecule has 0 heterocycles. The molecule has 19 heavy (non-hydrogen) atoms. The third-order valence-corrected chi connectivity index (χ3v) is 5.25. The Kier molecular flexibility index (Phi) is 4.21. The Balaban J connectivity index is 3.24. The number of amides is 1. The highest BCUT2D eigenvalue weighted by Crippen LogP contribution is 2.22. The maximum atomic E-state index is 11.5. The second kappa shape index (κ2) is 5.17. The van der Waals surface area contributed by atoms with Crippen LogP contribution in [0.3, 0.4) is 0 Å². The molecule has 0 atom stereocenters. The number of nitrogens with one attached hydrogen (secondary N) is 1. The minimum Gasteiger partial charge on any atom is -0.326 e. The van der Waals surface area contributed by atoms with Crippen molar-refractivity contribution < 1.29 is 21.6 Å². The summed E-state index contributed by atoms with van der Waals surface area (Å²) in [6.45, 7) is 1.33. The number of benzene rings is 1. The smallest absolute Gasteiger partial charge is 0.245 e. The lowest BCUT2D eigenvalue weighted by molar-refractivity contribution is -0.114. The molecule has 0 aliphatic heterocycles. The molecule has 0 aromatic heterocycles. The summed E-state index contributed by atoms with van der Waals surface area (Å²) >= 11 is 0. The molecule has 0 aliphatic carbocycles. The largest absolute Gasteiger partial charge is 0.326 e. The third-order valence-electron chi connectivity index (χ3n) is 2.00. The highest BCUT2D eigenvalue weighted by Gasteiger charge is 2.26. The summed E-state index contributed by atoms with van der Waals surface area (Å²) < 4.78 is 46.4. The number of hydrogen-bond donors (Lipinski definition) is 1. The predicted octanol–water partition coefficient (Wildman–Crippen LogP) is 0.371. The van der Waals surface area contributed by atoms with Gasteiger partial charge >= 0.3 is 0 Å². The quantitative estimate of drug-likeness (QED) is 0.866. The second-order valence-electron chi connectivity index (χ2n) is 3.95. The fourth-order valence-corrected chi connectivity index (χ4v) is 4.48. The zero-order valence-electron chi connectivity index (χ0n) is 10.6. The van der Waals surface area contributed by atoms with Crippen molar-refractivity contribution in [1.29, 1.82) is 0 Å². The predicted molar refractivity (Wildman–Crippen MR) is 72.9 cm³/mol. The van der Waals surface area contributed by atoms with Gasteiger partial charge in [0.25, 0.3) is 0 Å². The van der Waals surface area contributed by atoms with Crippen LogP contribution in [0, 0.1) is 0 Å². The number of carbonyl (C=O) groups is 1. The lowest BCUT2D eigenvalue weighted by Crippen LogP contribution is -2.35. The van der Waals surface area contributed by atoms with Crippen LogP contribution in [-0.2, 0) is 24.8 Å². The lowest BCUT2D eigenvalue weighted by atomic mass is 10.3. The van der Waals surface area contributed by atoms with E-state index in [0.717, 1.165) is 12.5 Å². The first-order valence-corrected chi connectivity index (χ1v) is 8.79. The van der Waals surface area contributed by atoms with E-state index in [1.54, 1.807) is 0 Å². The van der Waals surface area contributed by atoms with Gasteiger partial charge < -0.3 is 5.32 Å². The van der Waals surface area contributed by atoms with Crippen molar-refractivity contribution in [2.75, 3.05) is 21.5 Å². The van der Waals surface area contributed by atoms with Crippen LogP contribution in [-0.4, -0.2) is 35.3 Å². The molecule has 1 rings (SSSR count). The van der Waals surface area contributed by atoms with E-state index in [1.165, 1.54) is 31.2 Å². The average molecular weight is 306 g/mol. The zero-order valence-corrected chi connectivity index (χ0v) is 12.2. The monoisotopic (exact) mass is 306 g/mol. The van der Waals surface area contributed by atoms with Crippen molar-refractivity contribution in [2.45, 2.75) is 6.92 Å². The Morgan fingerprint density at radius 1 is 1.00 bits per heavy atom. The summed E-state index contributed by atoms with van der Waals surface area (Å²) in [7, 11) is -7.91. The third kappa shape index (κ3) is 4.21. The number of rotatable bonds is 4. The fourth-order valence-electron chi connectivity index (χ4n) is 1.50. The second-order valence-corrected chi connectivity index (χ2v) is 7.84. The van der Waals surface area contributed by atoms with Crippen LogP contribution >= 0.6 is 0 Å². The molecule has 106 valence electrons. The van der Waals surface area contributed by atoms with Crippen molar-refractivity contribution >= 4 is 37.3 Å². The average Bonchev–Trinajstić information content (AvgIpc) is 2.15. The van der Waals surface area contributed by atoms with Crippen LogP contribution in [0.15, 0.2) is 24.3 Å². The minimum atomic E-state index is -3.95. The van der Waals surface area contributed by atoms with E-state index in [0.29, 0.717) is 9.40 Å². The van der Waals surface area contributed by atoms with Crippen LogP contribution in [0.25, 0.3) is 0 Å². The molecule has 9 heteroatoms. The Morgan fingerprint density at radius 2 is 1.42 bits per heavy atom. The molecule has 0 unspecified atom stereocenters. The van der Waals surface area contributed by atoms with Crippen molar-refractivity contribution in [3.63, 3.8) is 0 Å². The minimum absolute atomic E-state index is 0.0147. The van der Waals surface area contributed by atoms with Gasteiger partial charge in [0.1, 0.15) is 0 Å². The maximum Gasteiger partial charge on any atom is 0.245 e. The van der Waals surface area contributed by atoms with Gasteiger partial charge in [-0.1, -0.05) is 0 Å². The van der Waals surface area contributed by atoms with E-state index >= 15 is 0 Å². The Hall–Kier alpha value is -1.61. The summed E-state index contributed by atoms with van der Waals surface area (Å²) in [5.74, 6) is -0.282. The Morgan fingerprint density at radius 3 is 1.74 bits per heavy atom. The van der Waals surface area contributed by atoms with E-state index in [-0.39, 0.29) is 11.6 Å². The molecule has 1 aromatic carbocycles. The number of carbonyl (C=O) groups excluding carboxylic acids is 1. The summed E-state index contributed by atoms with van der Waals surface area (Å²) in [6, 6.07) is 5.43. The molecule has 1 N–H and O–H groups in total. The summed E-state index contributed by atoms with van der Waals surface area (Å²) in [6.07, 6.45) is 1.60. The van der Waals surface area contributed by atoms with Crippen molar-refractivity contribution in [1.82, 2.24) is 0 Å². The van der Waals surface area contributed by atoms with Gasteiger partial charge in [-0.25, -0.2) is 16.8 Å². The van der Waals surface area contributed by atoms with Crippen LogP contribution < -0.4 is 9.03 Å². The molecule has 0 bridgehead atoms. The van der Waals surface area contributed by atoms with Gasteiger partial charge in [0.15, 0.2) is 0 Å². The lowest BCUT2D eigenvalue weighted by Gasteiger charge is -2.19. The first kappa shape index (κ1) is 15.4. The Bertz CT molecular complexity index is 645. The summed E-state index contributed by atoms with van der Waals surface area (Å²) in [4.78, 5) is 10.8. The van der Waals surface area contributed by atoms with Crippen LogP contribution in [0.5, 0.6) is 0 Å². The maximum absolute atomic E-state index is 11.5. The molecule has 7 nitrogen and oxygen atoms in total. The molecule has 0 saturated heterocycles.